The molecule has 3 atom stereocenters. The van der Waals surface area contributed by atoms with Crippen molar-refractivity contribution in [3.8, 4) is 0 Å². The third-order valence-corrected chi connectivity index (χ3v) is 9.69. The number of likely N-dealkylation sites (N-methyl/N-ethyl adjacent to an activating group) is 1. The fourth-order valence-electron chi connectivity index (χ4n) is 5.49. The van der Waals surface area contributed by atoms with E-state index in [-0.39, 0.29) is 19.1 Å². The molecule has 0 radical (unpaired) electrons. The van der Waals surface area contributed by atoms with Gasteiger partial charge in [-0.15, -0.1) is 0 Å². The van der Waals surface area contributed by atoms with Gasteiger partial charge in [0.15, 0.2) is 0 Å². The fourth-order valence-corrected chi connectivity index (χ4v) is 6.22. The summed E-state index contributed by atoms with van der Waals surface area (Å²) in [6.07, 6.45) is 35.7. The zero-order valence-corrected chi connectivity index (χ0v) is 32.9. The minimum atomic E-state index is -4.28. The maximum atomic E-state index is 12.7. The number of nitrogens with zero attached hydrogens (tertiary/aromatic N) is 1. The molecule has 48 heavy (non-hydrogen) atoms. The first-order chi connectivity index (χ1) is 23.0. The van der Waals surface area contributed by atoms with Crippen LogP contribution in [0, 0.1) is 0 Å². The van der Waals surface area contributed by atoms with Gasteiger partial charge in [-0.1, -0.05) is 141 Å². The Kier molecular flexibility index (Phi) is 31.2. The lowest BCUT2D eigenvalue weighted by Crippen LogP contribution is -2.46. The van der Waals surface area contributed by atoms with Gasteiger partial charge in [0, 0.05) is 6.42 Å². The number of carbonyl (C=O) groups excluding carboxylic acids is 1. The van der Waals surface area contributed by atoms with Crippen LogP contribution in [0.3, 0.4) is 0 Å². The molecule has 0 spiro atoms. The van der Waals surface area contributed by atoms with Crippen molar-refractivity contribution in [2.24, 2.45) is 0 Å². The first kappa shape index (κ1) is 47.0. The van der Waals surface area contributed by atoms with Crippen LogP contribution in [-0.4, -0.2) is 73.4 Å². The average Bonchev–Trinajstić information content (AvgIpc) is 3.02. The number of quaternary nitrogens is 1. The summed E-state index contributed by atoms with van der Waals surface area (Å²) in [6.45, 7) is 4.70. The second-order valence-electron chi connectivity index (χ2n) is 14.7. The monoisotopic (exact) mass is 702 g/mol. The molecule has 0 aromatic carbocycles. The molecule has 0 aromatic heterocycles. The molecule has 284 valence electrons. The number of unbranched alkanes of at least 4 members (excludes halogenated alkanes) is 18. The number of carbonyl (C=O) groups is 1. The van der Waals surface area contributed by atoms with E-state index in [0.717, 1.165) is 44.9 Å². The Balaban J connectivity index is 3.96. The van der Waals surface area contributed by atoms with E-state index < -0.39 is 20.0 Å². The van der Waals surface area contributed by atoms with Crippen LogP contribution in [-0.2, 0) is 18.4 Å². The average molecular weight is 702 g/mol. The van der Waals surface area contributed by atoms with Crippen LogP contribution in [0.2, 0.25) is 0 Å². The van der Waals surface area contributed by atoms with Gasteiger partial charge in [0.25, 0.3) is 0 Å². The Hall–Kier alpha value is -1.02. The van der Waals surface area contributed by atoms with Gasteiger partial charge in [-0.05, 0) is 44.9 Å². The lowest BCUT2D eigenvalue weighted by Gasteiger charge is -2.26. The minimum absolute atomic E-state index is 0.0728. The highest BCUT2D eigenvalue weighted by Gasteiger charge is 2.28. The van der Waals surface area contributed by atoms with Gasteiger partial charge < -0.3 is 19.8 Å². The number of aliphatic hydroxyl groups is 1. The number of rotatable bonds is 35. The second kappa shape index (κ2) is 31.9. The zero-order valence-electron chi connectivity index (χ0n) is 32.0. The van der Waals surface area contributed by atoms with Gasteiger partial charge in [-0.3, -0.25) is 13.8 Å². The van der Waals surface area contributed by atoms with E-state index in [1.807, 2.05) is 21.1 Å². The molecule has 1 amide bonds. The van der Waals surface area contributed by atoms with Crippen LogP contribution in [0.4, 0.5) is 0 Å². The van der Waals surface area contributed by atoms with E-state index in [9.17, 15) is 19.4 Å². The normalized spacial score (nSPS) is 14.9. The summed E-state index contributed by atoms with van der Waals surface area (Å²) >= 11 is 0. The van der Waals surface area contributed by atoms with Crippen molar-refractivity contribution in [2.45, 2.75) is 180 Å². The van der Waals surface area contributed by atoms with E-state index in [1.54, 1.807) is 0 Å². The maximum absolute atomic E-state index is 12.7. The fraction of sp³-hybridized carbons (Fsp3) is 0.872. The second-order valence-corrected chi connectivity index (χ2v) is 16.1. The standard InChI is InChI=1S/C39H77N2O6P/c1-6-8-10-11-12-13-14-15-16-17-18-19-20-21-22-23-24-25-26-27-28-29-31-33-39(43)40-37(38(42)32-30-9-7-2)36-47-48(44,45)46-35-34-41(3,4)5/h14-15,17-18,37-38,42H,6-13,16,19-36H2,1-5H3,(H-,40,43,44,45)/p+1/b15-14-,18-17-. The predicted molar refractivity (Wildman–Crippen MR) is 203 cm³/mol. The molecular weight excluding hydrogens is 623 g/mol. The quantitative estimate of drug-likeness (QED) is 0.0263. The van der Waals surface area contributed by atoms with Crippen molar-refractivity contribution in [1.82, 2.24) is 5.32 Å². The van der Waals surface area contributed by atoms with Crippen LogP contribution in [0.5, 0.6) is 0 Å². The van der Waals surface area contributed by atoms with Gasteiger partial charge in [-0.25, -0.2) is 4.57 Å². The Morgan fingerprint density at radius 2 is 1.19 bits per heavy atom. The number of allylic oxidation sites excluding steroid dienone is 4. The van der Waals surface area contributed by atoms with Gasteiger partial charge in [0.05, 0.1) is 39.9 Å². The lowest BCUT2D eigenvalue weighted by atomic mass is 10.0. The number of hydrogen-bond donors (Lipinski definition) is 3. The topological polar surface area (TPSA) is 105 Å². The van der Waals surface area contributed by atoms with Crippen LogP contribution in [0.15, 0.2) is 24.3 Å². The summed E-state index contributed by atoms with van der Waals surface area (Å²) in [5.41, 5.74) is 0. The van der Waals surface area contributed by atoms with E-state index >= 15 is 0 Å². The molecule has 3 unspecified atom stereocenters. The van der Waals surface area contributed by atoms with Gasteiger partial charge in [0.1, 0.15) is 13.2 Å². The molecule has 0 saturated heterocycles. The van der Waals surface area contributed by atoms with Crippen molar-refractivity contribution in [3.05, 3.63) is 24.3 Å². The minimum Gasteiger partial charge on any atom is -0.391 e. The zero-order chi connectivity index (χ0) is 35.8. The maximum Gasteiger partial charge on any atom is 0.472 e. The van der Waals surface area contributed by atoms with Crippen molar-refractivity contribution in [1.29, 1.82) is 0 Å². The number of nitrogens with one attached hydrogen (secondary N) is 1. The summed E-state index contributed by atoms with van der Waals surface area (Å²) in [5, 5.41) is 13.6. The highest BCUT2D eigenvalue weighted by molar-refractivity contribution is 7.47. The highest BCUT2D eigenvalue weighted by Crippen LogP contribution is 2.43. The van der Waals surface area contributed by atoms with Crippen LogP contribution in [0.1, 0.15) is 168 Å². The summed E-state index contributed by atoms with van der Waals surface area (Å²) in [4.78, 5) is 22.8. The molecule has 0 heterocycles. The van der Waals surface area contributed by atoms with Gasteiger partial charge >= 0.3 is 7.82 Å². The third-order valence-electron chi connectivity index (χ3n) is 8.70. The Morgan fingerprint density at radius 1 is 0.708 bits per heavy atom. The molecule has 0 rings (SSSR count). The molecule has 8 nitrogen and oxygen atoms in total. The van der Waals surface area contributed by atoms with E-state index in [4.69, 9.17) is 9.05 Å². The predicted octanol–water partition coefficient (Wildman–Crippen LogP) is 10.2. The molecule has 9 heteroatoms. The number of phosphoric acid groups is 1. The van der Waals surface area contributed by atoms with Crippen LogP contribution in [0.25, 0.3) is 0 Å². The number of amides is 1. The summed E-state index contributed by atoms with van der Waals surface area (Å²) in [5.74, 6) is -0.160. The van der Waals surface area contributed by atoms with E-state index in [1.165, 1.54) is 96.3 Å². The molecule has 0 aliphatic rings. The summed E-state index contributed by atoms with van der Waals surface area (Å²) in [7, 11) is 1.60. The number of phosphoric ester groups is 1. The molecule has 3 N–H and O–H groups in total. The van der Waals surface area contributed by atoms with Crippen molar-refractivity contribution < 1.29 is 32.9 Å². The summed E-state index contributed by atoms with van der Waals surface area (Å²) in [6, 6.07) is -0.754. The highest BCUT2D eigenvalue weighted by atomic mass is 31.2. The largest absolute Gasteiger partial charge is 0.472 e. The molecule has 0 aliphatic carbocycles. The molecule has 0 aliphatic heterocycles. The molecule has 0 fully saturated rings. The van der Waals surface area contributed by atoms with Crippen molar-refractivity contribution in [2.75, 3.05) is 40.9 Å². The smallest absolute Gasteiger partial charge is 0.391 e. The lowest BCUT2D eigenvalue weighted by molar-refractivity contribution is -0.870. The van der Waals surface area contributed by atoms with Crippen LogP contribution >= 0.6 is 7.82 Å². The third kappa shape index (κ3) is 33.5. The number of aliphatic hydroxyl groups excluding tert-OH is 1. The SMILES string of the molecule is CCCCCCC/C=C\C/C=C\CCCCCCCCCCCCCC(=O)NC(COP(=O)(O)OCC[N+](C)(C)C)C(O)CCCCC. The first-order valence-corrected chi connectivity index (χ1v) is 21.2. The van der Waals surface area contributed by atoms with Crippen LogP contribution < -0.4 is 5.32 Å². The van der Waals surface area contributed by atoms with Crippen molar-refractivity contribution in [3.63, 3.8) is 0 Å². The molecule has 0 aromatic rings. The summed E-state index contributed by atoms with van der Waals surface area (Å²) < 4.78 is 23.2. The van der Waals surface area contributed by atoms with E-state index in [0.29, 0.717) is 23.9 Å². The van der Waals surface area contributed by atoms with Crippen molar-refractivity contribution >= 4 is 13.7 Å². The Labute approximate surface area is 296 Å². The first-order valence-electron chi connectivity index (χ1n) is 19.7. The molecule has 0 bridgehead atoms. The molecular formula is C39H78N2O6P+. The van der Waals surface area contributed by atoms with E-state index in [2.05, 4.69) is 43.5 Å². The van der Waals surface area contributed by atoms with Gasteiger partial charge in [-0.2, -0.15) is 0 Å². The Morgan fingerprint density at radius 3 is 1.71 bits per heavy atom. The van der Waals surface area contributed by atoms with Gasteiger partial charge in [0.2, 0.25) is 5.91 Å². The Bertz CT molecular complexity index is 845. The number of hydrogen-bond acceptors (Lipinski definition) is 5. The molecule has 0 saturated carbocycles.